The molecule has 10 N–H and O–H groups in total. The Hall–Kier alpha value is -6.88. The van der Waals surface area contributed by atoms with E-state index < -0.39 is 130 Å². The molecule has 5 aliphatic heterocycles. The van der Waals surface area contributed by atoms with Crippen LogP contribution >= 0.6 is 45.3 Å². The van der Waals surface area contributed by atoms with E-state index in [4.69, 9.17) is 18.9 Å². The van der Waals surface area contributed by atoms with Crippen LogP contribution in [0.3, 0.4) is 0 Å². The van der Waals surface area contributed by atoms with Crippen LogP contribution in [0.15, 0.2) is 67.1 Å². The Balaban J connectivity index is 0.000000252. The quantitative estimate of drug-likeness (QED) is 0.0322. The minimum Gasteiger partial charge on any atom is -0.458 e. The molecule has 26 nitrogen and oxygen atoms in total. The SMILES string of the molecule is C/C(=C\c1csc(C)n1)[C@@H]1C[C@@H]2C[C@]2(C)CCC[C@H](C)[C@H](O)[C@@H](C)C(=O)C(C)(C)[C@@H](O)CC(=O)O1.C/C(=C\c1csc(C)n1)[C@@H]1C[C@@H]2O[C@]2(C)CCC[C@H](C)[C@H](O)[C@@H](C)C(=O)C(C)(C)[C@@H](O)CC(=O)N1.C/C1=C/C[C@@H](/C(C)=C/c2csc(C)n2)OC(=O)C[C@H](O)C(C)(C)C(=O)[C@H](C)[C@@H](O)[C@@H](C)CCC1.C/C1=C/C[C@@H](/C(C)=C/c2csc(CO)n2)OC(=O)C[C@H](O)C(C)(C)C(=O)[C@H](C)[C@@H](O)[C@@H](C)CCC1. The average Bonchev–Trinajstić information content (AvgIpc) is 1.62. The zero-order chi connectivity index (χ0) is 104. The number of Topliss-reactive ketones (excluding diaryl/α,β-unsaturated/α-hetero) is 4. The number of esters is 3. The Kier molecular flexibility index (Phi) is 44.8. The Labute approximate surface area is 843 Å². The van der Waals surface area contributed by atoms with E-state index in [0.717, 1.165) is 150 Å². The maximum absolute atomic E-state index is 13.2. The van der Waals surface area contributed by atoms with E-state index in [1.165, 1.54) is 16.9 Å². The number of cyclic esters (lactones) is 3. The number of allylic oxidation sites excluding steroid dienone is 2. The molecule has 1 amide bonds. The van der Waals surface area contributed by atoms with Gasteiger partial charge in [-0.25, -0.2) is 19.9 Å². The highest BCUT2D eigenvalue weighted by atomic mass is 32.1. The second-order valence-corrected chi connectivity index (χ2v) is 48.3. The first-order valence-electron chi connectivity index (χ1n) is 50.2. The molecule has 1 aliphatic carbocycles. The van der Waals surface area contributed by atoms with Crippen LogP contribution in [0, 0.1) is 101 Å². The predicted molar refractivity (Wildman–Crippen MR) is 551 cm³/mol. The molecule has 3 saturated heterocycles. The van der Waals surface area contributed by atoms with E-state index in [2.05, 4.69) is 58.2 Å². The van der Waals surface area contributed by atoms with Gasteiger partial charge in [-0.05, 0) is 228 Å². The molecule has 1 saturated carbocycles. The van der Waals surface area contributed by atoms with E-state index >= 15 is 0 Å². The molecule has 0 aromatic carbocycles. The lowest BCUT2D eigenvalue weighted by atomic mass is 9.72. The first kappa shape index (κ1) is 119. The Morgan fingerprint density at radius 2 is 0.734 bits per heavy atom. The summed E-state index contributed by atoms with van der Waals surface area (Å²) in [5.74, 6) is -5.23. The third-order valence-corrected chi connectivity index (χ3v) is 34.0. The number of nitrogens with zero attached hydrogens (tertiary/aromatic N) is 4. The van der Waals surface area contributed by atoms with Crippen LogP contribution in [0.1, 0.15) is 344 Å². The van der Waals surface area contributed by atoms with Crippen molar-refractivity contribution in [3.8, 4) is 0 Å². The lowest BCUT2D eigenvalue weighted by Gasteiger charge is -2.34. The summed E-state index contributed by atoms with van der Waals surface area (Å²) < 4.78 is 23.6. The van der Waals surface area contributed by atoms with Crippen molar-refractivity contribution in [2.45, 2.75) is 413 Å². The molecule has 4 aromatic heterocycles. The minimum atomic E-state index is -1.24. The molecular weight excluding hydrogens is 1840 g/mol. The van der Waals surface area contributed by atoms with Crippen molar-refractivity contribution in [1.29, 1.82) is 0 Å². The van der Waals surface area contributed by atoms with Crippen LogP contribution < -0.4 is 5.32 Å². The molecule has 0 spiro atoms. The summed E-state index contributed by atoms with van der Waals surface area (Å²) in [4.78, 5) is 122. The Morgan fingerprint density at radius 3 is 1.08 bits per heavy atom. The number of hydrogen-bond donors (Lipinski definition) is 10. The number of amides is 1. The van der Waals surface area contributed by atoms with Gasteiger partial charge in [0, 0.05) is 64.5 Å². The molecule has 4 fully saturated rings. The fraction of sp³-hybridized carbons (Fsp3) is 0.706. The number of carbonyl (C=O) groups is 8. The number of ketones is 4. The van der Waals surface area contributed by atoms with Crippen molar-refractivity contribution >= 4 is 117 Å². The Morgan fingerprint density at radius 1 is 0.417 bits per heavy atom. The van der Waals surface area contributed by atoms with Crippen molar-refractivity contribution in [2.24, 2.45) is 80.3 Å². The van der Waals surface area contributed by atoms with Gasteiger partial charge >= 0.3 is 17.9 Å². The number of ether oxygens (including phenoxy) is 4. The molecule has 4 aromatic rings. The lowest BCUT2D eigenvalue weighted by Crippen LogP contribution is -2.47. The van der Waals surface area contributed by atoms with Gasteiger partial charge in [-0.2, -0.15) is 0 Å². The fourth-order valence-corrected chi connectivity index (χ4v) is 21.9. The van der Waals surface area contributed by atoms with Crippen LogP contribution in [0.4, 0.5) is 0 Å². The summed E-state index contributed by atoms with van der Waals surface area (Å²) in [5.41, 5.74) is 4.38. The molecule has 0 unspecified atom stereocenters. The van der Waals surface area contributed by atoms with Gasteiger partial charge in [-0.15, -0.1) is 45.3 Å². The van der Waals surface area contributed by atoms with Crippen LogP contribution in [0.25, 0.3) is 24.3 Å². The summed E-state index contributed by atoms with van der Waals surface area (Å²) in [6, 6.07) is -0.269. The summed E-state index contributed by atoms with van der Waals surface area (Å²) >= 11 is 6.08. The number of carbonyl (C=O) groups excluding carboxylic acids is 8. The molecule has 0 radical (unpaired) electrons. The Bertz CT molecular complexity index is 4810. The minimum absolute atomic E-state index is 0.0138. The number of aromatic nitrogens is 4. The number of fused-ring (bicyclic) bond motifs is 2. The van der Waals surface area contributed by atoms with Crippen LogP contribution in [-0.4, -0.2) is 198 Å². The van der Waals surface area contributed by atoms with Gasteiger partial charge in [-0.1, -0.05) is 154 Å². The number of aliphatic hydroxyl groups excluding tert-OH is 9. The largest absolute Gasteiger partial charge is 0.458 e. The maximum atomic E-state index is 13.2. The molecule has 24 atom stereocenters. The molecule has 139 heavy (non-hydrogen) atoms. The van der Waals surface area contributed by atoms with E-state index in [1.807, 2.05) is 129 Å². The van der Waals surface area contributed by atoms with E-state index in [9.17, 15) is 84.3 Å². The number of hydrogen-bond acceptors (Lipinski definition) is 29. The van der Waals surface area contributed by atoms with Gasteiger partial charge in [0.2, 0.25) is 5.91 Å². The molecule has 30 heteroatoms. The van der Waals surface area contributed by atoms with Gasteiger partial charge < -0.3 is 70.2 Å². The first-order valence-corrected chi connectivity index (χ1v) is 53.7. The lowest BCUT2D eigenvalue weighted by molar-refractivity contribution is -0.156. The number of nitrogens with one attached hydrogen (secondary N) is 1. The normalized spacial score (nSPS) is 34.6. The van der Waals surface area contributed by atoms with Crippen molar-refractivity contribution in [1.82, 2.24) is 25.3 Å². The second-order valence-electron chi connectivity index (χ2n) is 44.1. The van der Waals surface area contributed by atoms with Gasteiger partial charge in [0.05, 0.1) is 158 Å². The van der Waals surface area contributed by atoms with Crippen LogP contribution in [-0.2, 0) is 63.9 Å². The summed E-state index contributed by atoms with van der Waals surface area (Å²) in [7, 11) is 0. The molecule has 9 heterocycles. The molecule has 10 rings (SSSR count). The third-order valence-electron chi connectivity index (χ3n) is 30.8. The predicted octanol–water partition coefficient (Wildman–Crippen LogP) is 19.1. The maximum Gasteiger partial charge on any atom is 0.309 e. The average molecular weight is 2010 g/mol. The van der Waals surface area contributed by atoms with Crippen molar-refractivity contribution < 1.29 is 103 Å². The number of rotatable bonds is 9. The van der Waals surface area contributed by atoms with E-state index in [1.54, 1.807) is 117 Å². The van der Waals surface area contributed by atoms with Gasteiger partial charge in [0.25, 0.3) is 0 Å². The first-order chi connectivity index (χ1) is 64.7. The summed E-state index contributed by atoms with van der Waals surface area (Å²) in [6.45, 7) is 49.7. The summed E-state index contributed by atoms with van der Waals surface area (Å²) in [6.07, 6.45) is 15.3. The molecular formula is C109H167N5O21S4. The zero-order valence-electron chi connectivity index (χ0n) is 87.9. The standard InChI is InChI=1S/C28H43NO5S.C27H42N2O5S.C27H41NO6S.C27H41NO5S/c1-16-9-8-10-28(7)14-20(28)12-22(17(2)11-21-15-35-19(4)29-21)34-24(31)13-23(30)27(5,6)26(33)18(3)25(16)32;1-15-9-8-10-27(7)22(34-27)12-20(16(2)11-19-14-35-18(4)28-19)29-23(31)13-21(30)26(5,6)25(33)17(3)24(15)32;1-16-8-7-9-17(2)25(32)19(4)26(33)27(5,6)22(30)13-24(31)34-21(11-10-16)18(3)12-20-15-35-23(14-29)28-20;1-16-9-8-10-17(2)25(31)19(4)26(32)27(6,7)23(29)14-24(30)33-22(12-11-16)18(3)13-21-15-34-20(5)28-21/h11,15-16,18,20,22-23,25,30,32H,8-10,12-14H2,1-7H3;11,14-15,17,20-22,24,30,32H,8-10,12-13H2,1-7H3,(H,29,31);10,12,15,17,19,21-22,25,29-30,32H,7-9,11,13-14H2,1-6H3;11,13,15,17,19,22-23,25,29,31H,8-10,12,14H2,1-7H3/b17-11+;16-11+;16-10-,18-12+;16-11-,18-13+/t16-,18+,20+,22-,23-,25-,28-;15-,17+,20-,21-,22-,24-,27+;17-,19+,21-,22-,25-;17-,19+,22-,23-,25-/m0000/s1. The topological polar surface area (TPSA) is 422 Å². The number of aryl methyl sites for hydroxylation is 3. The number of thiazole rings is 4. The molecule has 6 aliphatic rings. The van der Waals surface area contributed by atoms with Crippen molar-refractivity contribution in [3.63, 3.8) is 0 Å². The highest BCUT2D eigenvalue weighted by Crippen LogP contribution is 2.59. The highest BCUT2D eigenvalue weighted by Gasteiger charge is 2.54. The van der Waals surface area contributed by atoms with Crippen LogP contribution in [0.5, 0.6) is 0 Å². The fourth-order valence-electron chi connectivity index (χ4n) is 19.6. The third kappa shape index (κ3) is 34.1. The number of aliphatic hydroxyl groups is 9. The van der Waals surface area contributed by atoms with Gasteiger partial charge in [-0.3, -0.25) is 38.4 Å². The monoisotopic (exact) mass is 2010 g/mol. The molecule has 778 valence electrons. The van der Waals surface area contributed by atoms with Crippen molar-refractivity contribution in [2.75, 3.05) is 0 Å². The molecule has 0 bridgehead atoms. The smallest absolute Gasteiger partial charge is 0.309 e. The van der Waals surface area contributed by atoms with Gasteiger partial charge in [0.1, 0.15) is 46.5 Å². The van der Waals surface area contributed by atoms with Gasteiger partial charge in [0.15, 0.2) is 0 Å². The highest BCUT2D eigenvalue weighted by molar-refractivity contribution is 7.10. The number of epoxide rings is 1. The summed E-state index contributed by atoms with van der Waals surface area (Å²) in [5, 5.41) is 110. The van der Waals surface area contributed by atoms with Crippen LogP contribution in [0.2, 0.25) is 0 Å². The van der Waals surface area contributed by atoms with E-state index in [-0.39, 0.29) is 108 Å². The second kappa shape index (κ2) is 52.3. The van der Waals surface area contributed by atoms with Crippen molar-refractivity contribution in [3.05, 3.63) is 110 Å². The zero-order valence-corrected chi connectivity index (χ0v) is 91.1. The van der Waals surface area contributed by atoms with E-state index in [0.29, 0.717) is 35.9 Å².